The van der Waals surface area contributed by atoms with Gasteiger partial charge in [0.1, 0.15) is 0 Å². The molecule has 3 rings (SSSR count). The molecule has 5 nitrogen and oxygen atoms in total. The van der Waals surface area contributed by atoms with Gasteiger partial charge in [-0.3, -0.25) is 4.79 Å². The Morgan fingerprint density at radius 2 is 1.75 bits per heavy atom. The molecule has 1 amide bonds. The Labute approximate surface area is 201 Å². The first-order chi connectivity index (χ1) is 15.2. The summed E-state index contributed by atoms with van der Waals surface area (Å²) in [5, 5.41) is 4.01. The van der Waals surface area contributed by atoms with Crippen molar-refractivity contribution in [2.45, 2.75) is 44.9 Å². The number of hydrogen-bond donors (Lipinski definition) is 1. The standard InChI is InChI=1S/C24H30Cl2N2O3S/c1-17(2)14-23(18-6-4-3-5-7-18)27-24(29)19-10-12-28(13-11-19)32(30,31)16-20-8-9-21(25)15-22(20)26/h3-9,15,17,19,23H,10-14,16H2,1-2H3,(H,27,29)/t23-/m1/s1. The number of halogens is 2. The number of sulfonamides is 1. The fraction of sp³-hybridized carbons (Fsp3) is 0.458. The molecular formula is C24H30Cl2N2O3S. The lowest BCUT2D eigenvalue weighted by Crippen LogP contribution is -2.44. The van der Waals surface area contributed by atoms with E-state index < -0.39 is 10.0 Å². The van der Waals surface area contributed by atoms with E-state index in [4.69, 9.17) is 23.2 Å². The van der Waals surface area contributed by atoms with Crippen LogP contribution >= 0.6 is 23.2 Å². The zero-order valence-electron chi connectivity index (χ0n) is 18.4. The number of hydrogen-bond acceptors (Lipinski definition) is 3. The summed E-state index contributed by atoms with van der Waals surface area (Å²) in [7, 11) is -3.53. The molecule has 0 unspecified atom stereocenters. The summed E-state index contributed by atoms with van der Waals surface area (Å²) in [4.78, 5) is 13.0. The molecule has 1 atom stereocenters. The zero-order chi connectivity index (χ0) is 23.3. The van der Waals surface area contributed by atoms with Gasteiger partial charge in [-0.2, -0.15) is 0 Å². The summed E-state index contributed by atoms with van der Waals surface area (Å²) in [6.07, 6.45) is 1.86. The normalized spacial score (nSPS) is 16.8. The van der Waals surface area contributed by atoms with Crippen LogP contribution in [0.2, 0.25) is 10.0 Å². The average molecular weight is 497 g/mol. The first-order valence-electron chi connectivity index (χ1n) is 10.9. The first kappa shape index (κ1) is 25.0. The SMILES string of the molecule is CC(C)C[C@@H](NC(=O)C1CCN(S(=O)(=O)Cc2ccc(Cl)cc2Cl)CC1)c1ccccc1. The maximum atomic E-state index is 13.0. The van der Waals surface area contributed by atoms with E-state index in [1.165, 1.54) is 4.31 Å². The van der Waals surface area contributed by atoms with Crippen LogP contribution in [-0.2, 0) is 20.6 Å². The summed E-state index contributed by atoms with van der Waals surface area (Å²) < 4.78 is 27.2. The Balaban J connectivity index is 1.59. The molecule has 0 aliphatic carbocycles. The van der Waals surface area contributed by atoms with Crippen LogP contribution in [0.1, 0.15) is 50.3 Å². The van der Waals surface area contributed by atoms with E-state index in [0.717, 1.165) is 12.0 Å². The molecule has 0 bridgehead atoms. The van der Waals surface area contributed by atoms with Crippen LogP contribution in [-0.4, -0.2) is 31.7 Å². The van der Waals surface area contributed by atoms with Crippen LogP contribution < -0.4 is 5.32 Å². The summed E-state index contributed by atoms with van der Waals surface area (Å²) in [5.74, 6) is 0.0630. The van der Waals surface area contributed by atoms with Crippen molar-refractivity contribution >= 4 is 39.1 Å². The van der Waals surface area contributed by atoms with Gasteiger partial charge in [0.15, 0.2) is 0 Å². The van der Waals surface area contributed by atoms with Crippen molar-refractivity contribution in [3.63, 3.8) is 0 Å². The van der Waals surface area contributed by atoms with Gasteiger partial charge in [-0.05, 0) is 48.4 Å². The number of piperidine rings is 1. The van der Waals surface area contributed by atoms with E-state index in [-0.39, 0.29) is 23.6 Å². The third kappa shape index (κ3) is 6.70. The molecule has 1 aliphatic rings. The number of nitrogens with one attached hydrogen (secondary N) is 1. The topological polar surface area (TPSA) is 66.5 Å². The van der Waals surface area contributed by atoms with Gasteiger partial charge in [0.25, 0.3) is 0 Å². The van der Waals surface area contributed by atoms with Gasteiger partial charge in [-0.25, -0.2) is 12.7 Å². The Morgan fingerprint density at radius 1 is 1.09 bits per heavy atom. The molecule has 2 aromatic carbocycles. The largest absolute Gasteiger partial charge is 0.349 e. The van der Waals surface area contributed by atoms with Crippen LogP contribution in [0.3, 0.4) is 0 Å². The van der Waals surface area contributed by atoms with Gasteiger partial charge in [0, 0.05) is 29.1 Å². The van der Waals surface area contributed by atoms with Crippen molar-refractivity contribution in [3.05, 3.63) is 69.7 Å². The summed E-state index contributed by atoms with van der Waals surface area (Å²) in [6.45, 7) is 4.92. The molecule has 1 fully saturated rings. The molecule has 1 aliphatic heterocycles. The van der Waals surface area contributed by atoms with Gasteiger partial charge < -0.3 is 5.32 Å². The molecule has 8 heteroatoms. The highest BCUT2D eigenvalue weighted by atomic mass is 35.5. The van der Waals surface area contributed by atoms with Crippen molar-refractivity contribution in [1.82, 2.24) is 9.62 Å². The highest BCUT2D eigenvalue weighted by molar-refractivity contribution is 7.88. The van der Waals surface area contributed by atoms with Crippen LogP contribution in [0, 0.1) is 11.8 Å². The molecule has 174 valence electrons. The molecule has 0 aromatic heterocycles. The minimum absolute atomic E-state index is 0.00250. The Hall–Kier alpha value is -1.60. The van der Waals surface area contributed by atoms with Crippen molar-refractivity contribution < 1.29 is 13.2 Å². The summed E-state index contributed by atoms with van der Waals surface area (Å²) in [5.41, 5.74) is 1.62. The lowest BCUT2D eigenvalue weighted by molar-refractivity contribution is -0.127. The first-order valence-corrected chi connectivity index (χ1v) is 13.3. The van der Waals surface area contributed by atoms with Gasteiger partial charge in [-0.15, -0.1) is 0 Å². The van der Waals surface area contributed by atoms with Gasteiger partial charge >= 0.3 is 0 Å². The van der Waals surface area contributed by atoms with E-state index >= 15 is 0 Å². The maximum absolute atomic E-state index is 13.0. The molecule has 0 saturated carbocycles. The number of carbonyl (C=O) groups is 1. The molecule has 0 radical (unpaired) electrons. The molecule has 1 heterocycles. The van der Waals surface area contributed by atoms with E-state index in [2.05, 4.69) is 19.2 Å². The predicted molar refractivity (Wildman–Crippen MR) is 130 cm³/mol. The second kappa shape index (κ2) is 11.0. The number of carbonyl (C=O) groups excluding carboxylic acids is 1. The summed E-state index contributed by atoms with van der Waals surface area (Å²) >= 11 is 12.1. The Morgan fingerprint density at radius 3 is 2.34 bits per heavy atom. The van der Waals surface area contributed by atoms with E-state index in [1.54, 1.807) is 18.2 Å². The average Bonchev–Trinajstić information content (AvgIpc) is 2.75. The van der Waals surface area contributed by atoms with Crippen molar-refractivity contribution in [1.29, 1.82) is 0 Å². The lowest BCUT2D eigenvalue weighted by Gasteiger charge is -2.32. The maximum Gasteiger partial charge on any atom is 0.223 e. The van der Waals surface area contributed by atoms with Crippen LogP contribution in [0.25, 0.3) is 0 Å². The van der Waals surface area contributed by atoms with Crippen molar-refractivity contribution in [3.8, 4) is 0 Å². The number of benzene rings is 2. The Bertz CT molecular complexity index is 1020. The smallest absolute Gasteiger partial charge is 0.223 e. The van der Waals surface area contributed by atoms with E-state index in [1.807, 2.05) is 30.3 Å². The Kier molecular flexibility index (Phi) is 8.62. The fourth-order valence-electron chi connectivity index (χ4n) is 4.05. The highest BCUT2D eigenvalue weighted by Gasteiger charge is 2.32. The molecule has 1 N–H and O–H groups in total. The monoisotopic (exact) mass is 496 g/mol. The second-order valence-electron chi connectivity index (χ2n) is 8.77. The van der Waals surface area contributed by atoms with Gasteiger partial charge in [-0.1, -0.05) is 73.4 Å². The highest BCUT2D eigenvalue weighted by Crippen LogP contribution is 2.27. The minimum Gasteiger partial charge on any atom is -0.349 e. The number of nitrogens with zero attached hydrogens (tertiary/aromatic N) is 1. The summed E-state index contributed by atoms with van der Waals surface area (Å²) in [6, 6.07) is 14.8. The van der Waals surface area contributed by atoms with Gasteiger partial charge in [0.05, 0.1) is 11.8 Å². The van der Waals surface area contributed by atoms with Gasteiger partial charge in [0.2, 0.25) is 15.9 Å². The third-order valence-electron chi connectivity index (χ3n) is 5.80. The zero-order valence-corrected chi connectivity index (χ0v) is 20.8. The van der Waals surface area contributed by atoms with Crippen LogP contribution in [0.15, 0.2) is 48.5 Å². The van der Waals surface area contributed by atoms with Crippen molar-refractivity contribution in [2.75, 3.05) is 13.1 Å². The molecule has 32 heavy (non-hydrogen) atoms. The lowest BCUT2D eigenvalue weighted by atomic mass is 9.93. The van der Waals surface area contributed by atoms with E-state index in [9.17, 15) is 13.2 Å². The fourth-order valence-corrected chi connectivity index (χ4v) is 6.20. The number of rotatable bonds is 8. The second-order valence-corrected chi connectivity index (χ2v) is 11.6. The molecule has 0 spiro atoms. The van der Waals surface area contributed by atoms with E-state index in [0.29, 0.717) is 47.5 Å². The quantitative estimate of drug-likeness (QED) is 0.528. The minimum atomic E-state index is -3.53. The predicted octanol–water partition coefficient (Wildman–Crippen LogP) is 5.44. The number of amides is 1. The molecular weight excluding hydrogens is 467 g/mol. The van der Waals surface area contributed by atoms with Crippen LogP contribution in [0.5, 0.6) is 0 Å². The van der Waals surface area contributed by atoms with Crippen LogP contribution in [0.4, 0.5) is 0 Å². The van der Waals surface area contributed by atoms with Crippen molar-refractivity contribution in [2.24, 2.45) is 11.8 Å². The third-order valence-corrected chi connectivity index (χ3v) is 8.21. The molecule has 2 aromatic rings. The molecule has 1 saturated heterocycles.